The molecule has 1 aliphatic rings. The Balaban J connectivity index is 1.09. The van der Waals surface area contributed by atoms with E-state index in [4.69, 9.17) is 9.40 Å². The van der Waals surface area contributed by atoms with Crippen molar-refractivity contribution in [3.63, 3.8) is 0 Å². The zero-order valence-electron chi connectivity index (χ0n) is 26.8. The van der Waals surface area contributed by atoms with E-state index in [0.717, 1.165) is 27.4 Å². The largest absolute Gasteiger partial charge is 0.435 e. The zero-order valence-corrected chi connectivity index (χ0v) is 26.8. The van der Waals surface area contributed by atoms with Gasteiger partial charge in [0.2, 0.25) is 5.89 Å². The first kappa shape index (κ1) is 27.2. The molecule has 1 aliphatic carbocycles. The molecule has 8 aromatic carbocycles. The minimum atomic E-state index is -0.0753. The summed E-state index contributed by atoms with van der Waals surface area (Å²) in [5, 5.41) is 7.22. The first-order valence-corrected chi connectivity index (χ1v) is 16.6. The Labute approximate surface area is 278 Å². The number of hydrogen-bond donors (Lipinski definition) is 0. The summed E-state index contributed by atoms with van der Waals surface area (Å²) >= 11 is 0. The van der Waals surface area contributed by atoms with Crippen LogP contribution in [-0.2, 0) is 5.41 Å². The van der Waals surface area contributed by atoms with Crippen LogP contribution < -0.4 is 0 Å². The maximum Gasteiger partial charge on any atom is 0.227 e. The van der Waals surface area contributed by atoms with Crippen LogP contribution >= 0.6 is 0 Å². The summed E-state index contributed by atoms with van der Waals surface area (Å²) in [6.07, 6.45) is 0. The molecule has 0 unspecified atom stereocenters. The third-order valence-electron chi connectivity index (χ3n) is 10.5. The van der Waals surface area contributed by atoms with Crippen LogP contribution in [-0.4, -0.2) is 4.98 Å². The van der Waals surface area contributed by atoms with Crippen molar-refractivity contribution >= 4 is 43.4 Å². The van der Waals surface area contributed by atoms with Crippen LogP contribution in [0, 0.1) is 0 Å². The van der Waals surface area contributed by atoms with Gasteiger partial charge in [0.15, 0.2) is 5.58 Å². The van der Waals surface area contributed by atoms with Crippen molar-refractivity contribution in [1.29, 1.82) is 0 Å². The number of benzene rings is 8. The quantitative estimate of drug-likeness (QED) is 0.185. The van der Waals surface area contributed by atoms with Crippen molar-refractivity contribution in [2.75, 3.05) is 0 Å². The van der Waals surface area contributed by atoms with Gasteiger partial charge >= 0.3 is 0 Å². The maximum absolute atomic E-state index is 6.49. The number of oxazole rings is 1. The van der Waals surface area contributed by atoms with Crippen molar-refractivity contribution < 1.29 is 4.42 Å². The summed E-state index contributed by atoms with van der Waals surface area (Å²) in [7, 11) is 0. The Kier molecular flexibility index (Phi) is 5.66. The number of aromatic nitrogens is 1. The monoisotopic (exact) mass is 613 g/mol. The van der Waals surface area contributed by atoms with Crippen molar-refractivity contribution in [1.82, 2.24) is 4.98 Å². The predicted molar refractivity (Wildman–Crippen MR) is 200 cm³/mol. The van der Waals surface area contributed by atoms with Crippen LogP contribution in [0.5, 0.6) is 0 Å². The molecule has 0 radical (unpaired) electrons. The molecule has 9 aromatic rings. The molecular weight excluding hydrogens is 583 g/mol. The molecule has 0 saturated heterocycles. The summed E-state index contributed by atoms with van der Waals surface area (Å²) in [6, 6.07) is 54.9. The third-order valence-corrected chi connectivity index (χ3v) is 10.5. The molecule has 0 aliphatic heterocycles. The van der Waals surface area contributed by atoms with E-state index in [0.29, 0.717) is 5.89 Å². The Bertz CT molecular complexity index is 2750. The van der Waals surface area contributed by atoms with E-state index < -0.39 is 0 Å². The summed E-state index contributed by atoms with van der Waals surface area (Å²) in [6.45, 7) is 4.72. The van der Waals surface area contributed by atoms with Crippen molar-refractivity contribution in [3.05, 3.63) is 163 Å². The van der Waals surface area contributed by atoms with Gasteiger partial charge in [-0.25, -0.2) is 4.98 Å². The number of hydrogen-bond acceptors (Lipinski definition) is 2. The summed E-state index contributed by atoms with van der Waals surface area (Å²) in [5.41, 5.74) is 13.0. The van der Waals surface area contributed by atoms with Crippen LogP contribution in [0.4, 0.5) is 0 Å². The molecule has 0 saturated carbocycles. The molecule has 0 bridgehead atoms. The minimum Gasteiger partial charge on any atom is -0.435 e. The highest BCUT2D eigenvalue weighted by molar-refractivity contribution is 6.18. The molecule has 1 heterocycles. The normalized spacial score (nSPS) is 13.4. The minimum absolute atomic E-state index is 0.0753. The topological polar surface area (TPSA) is 26.0 Å². The lowest BCUT2D eigenvalue weighted by molar-refractivity contribution is 0.623. The van der Waals surface area contributed by atoms with Gasteiger partial charge in [0, 0.05) is 16.4 Å². The highest BCUT2D eigenvalue weighted by Gasteiger charge is 2.36. The van der Waals surface area contributed by atoms with Gasteiger partial charge in [-0.2, -0.15) is 0 Å². The molecule has 0 amide bonds. The predicted octanol–water partition coefficient (Wildman–Crippen LogP) is 12.6. The van der Waals surface area contributed by atoms with Gasteiger partial charge in [-0.1, -0.05) is 129 Å². The van der Waals surface area contributed by atoms with Crippen LogP contribution in [0.1, 0.15) is 25.0 Å². The Morgan fingerprint density at radius 1 is 0.479 bits per heavy atom. The average molecular weight is 614 g/mol. The van der Waals surface area contributed by atoms with Gasteiger partial charge in [0.05, 0.1) is 0 Å². The smallest absolute Gasteiger partial charge is 0.227 e. The fourth-order valence-electron chi connectivity index (χ4n) is 7.97. The van der Waals surface area contributed by atoms with Crippen LogP contribution in [0.15, 0.2) is 156 Å². The highest BCUT2D eigenvalue weighted by atomic mass is 16.3. The van der Waals surface area contributed by atoms with Crippen molar-refractivity contribution in [2.24, 2.45) is 0 Å². The number of fused-ring (bicyclic) bond motifs is 10. The standard InChI is InChI=1S/C46H31NO/c1-46(2)39-23-20-28-9-6-7-14-36(28)43(39)37-22-19-35(27-40(37)46)33-13-8-12-32(25-33)34-18-16-29-15-17-30-21-24-41-44(42(30)38(29)26-34)48-45(47-41)31-10-4-3-5-11-31/h3-27H,1-2H3. The first-order valence-electron chi connectivity index (χ1n) is 16.6. The summed E-state index contributed by atoms with van der Waals surface area (Å²) in [5.74, 6) is 0.646. The molecule has 226 valence electrons. The molecule has 0 spiro atoms. The molecular formula is C46H31NO. The molecule has 1 aromatic heterocycles. The second-order valence-electron chi connectivity index (χ2n) is 13.6. The van der Waals surface area contributed by atoms with Gasteiger partial charge in [-0.05, 0) is 108 Å². The SMILES string of the molecule is CC1(C)c2cc(-c3cccc(-c4ccc5ccc6ccc7nc(-c8ccccc8)oc7c6c5c4)c3)ccc2-c2c1ccc1ccccc21. The zero-order chi connectivity index (χ0) is 32.0. The Morgan fingerprint density at radius 3 is 2.00 bits per heavy atom. The molecule has 2 nitrogen and oxygen atoms in total. The Hall–Kier alpha value is -5.99. The molecule has 0 atom stereocenters. The van der Waals surface area contributed by atoms with Gasteiger partial charge in [-0.3, -0.25) is 0 Å². The second kappa shape index (κ2) is 10.0. The van der Waals surface area contributed by atoms with E-state index in [9.17, 15) is 0 Å². The lowest BCUT2D eigenvalue weighted by Crippen LogP contribution is -2.15. The van der Waals surface area contributed by atoms with Gasteiger partial charge in [-0.15, -0.1) is 0 Å². The fourth-order valence-corrected chi connectivity index (χ4v) is 7.97. The van der Waals surface area contributed by atoms with E-state index in [2.05, 4.69) is 135 Å². The number of nitrogens with zero attached hydrogens (tertiary/aromatic N) is 1. The molecule has 2 heteroatoms. The van der Waals surface area contributed by atoms with Crippen LogP contribution in [0.3, 0.4) is 0 Å². The molecule has 0 N–H and O–H groups in total. The van der Waals surface area contributed by atoms with E-state index >= 15 is 0 Å². The highest BCUT2D eigenvalue weighted by Crippen LogP contribution is 2.52. The van der Waals surface area contributed by atoms with Gasteiger partial charge in [0.1, 0.15) is 5.52 Å². The fraction of sp³-hybridized carbons (Fsp3) is 0.0652. The van der Waals surface area contributed by atoms with Gasteiger partial charge in [0.25, 0.3) is 0 Å². The average Bonchev–Trinajstić information content (AvgIpc) is 3.68. The van der Waals surface area contributed by atoms with Crippen molar-refractivity contribution in [3.8, 4) is 44.8 Å². The summed E-state index contributed by atoms with van der Waals surface area (Å²) < 4.78 is 6.49. The second-order valence-corrected chi connectivity index (χ2v) is 13.6. The van der Waals surface area contributed by atoms with Crippen LogP contribution in [0.25, 0.3) is 88.3 Å². The van der Waals surface area contributed by atoms with E-state index in [1.54, 1.807) is 0 Å². The van der Waals surface area contributed by atoms with E-state index in [1.165, 1.54) is 66.1 Å². The summed E-state index contributed by atoms with van der Waals surface area (Å²) in [4.78, 5) is 4.86. The van der Waals surface area contributed by atoms with Gasteiger partial charge < -0.3 is 4.42 Å². The lowest BCUT2D eigenvalue weighted by atomic mass is 9.81. The van der Waals surface area contributed by atoms with Crippen LogP contribution in [0.2, 0.25) is 0 Å². The Morgan fingerprint density at radius 2 is 1.12 bits per heavy atom. The lowest BCUT2D eigenvalue weighted by Gasteiger charge is -2.22. The first-order chi connectivity index (χ1) is 23.5. The molecule has 48 heavy (non-hydrogen) atoms. The van der Waals surface area contributed by atoms with E-state index in [1.807, 2.05) is 30.3 Å². The maximum atomic E-state index is 6.49. The molecule has 0 fully saturated rings. The number of rotatable bonds is 3. The van der Waals surface area contributed by atoms with E-state index in [-0.39, 0.29) is 5.41 Å². The molecule has 10 rings (SSSR count). The third kappa shape index (κ3) is 3.96. The van der Waals surface area contributed by atoms with Crippen molar-refractivity contribution in [2.45, 2.75) is 19.3 Å².